The Kier molecular flexibility index (Phi) is 65.1. The molecule has 0 spiro atoms. The average Bonchev–Trinajstić information content (AvgIpc) is 3.46. The zero-order valence-electron chi connectivity index (χ0n) is 55.1. The maximum atomic E-state index is 13.1. The first-order valence-electron chi connectivity index (χ1n) is 36.4. The number of nitrogens with zero attached hydrogens (tertiary/aromatic N) is 2. The van der Waals surface area contributed by atoms with E-state index >= 15 is 0 Å². The Morgan fingerprint density at radius 1 is 0.198 bits per heavy atom. The number of carbonyl (C=O) groups excluding carboxylic acids is 4. The molecule has 0 heterocycles. The summed E-state index contributed by atoms with van der Waals surface area (Å²) in [5.41, 5.74) is 0. The van der Waals surface area contributed by atoms with Crippen molar-refractivity contribution in [1.29, 1.82) is 0 Å². The van der Waals surface area contributed by atoms with Crippen molar-refractivity contribution in [2.24, 2.45) is 0 Å². The average molecular weight is 1140 g/mol. The molecule has 4 N–H and O–H groups in total. The lowest BCUT2D eigenvalue weighted by atomic mass is 10.1. The Hall–Kier alpha value is -2.20. The first-order valence-corrected chi connectivity index (χ1v) is 36.4. The highest BCUT2D eigenvalue weighted by molar-refractivity contribution is 5.77. The van der Waals surface area contributed by atoms with Gasteiger partial charge in [0.15, 0.2) is 0 Å². The predicted molar refractivity (Wildman–Crippen MR) is 352 cm³/mol. The van der Waals surface area contributed by atoms with E-state index in [1.54, 1.807) is 0 Å². The van der Waals surface area contributed by atoms with Crippen molar-refractivity contribution < 1.29 is 19.2 Å². The van der Waals surface area contributed by atoms with Crippen LogP contribution < -0.4 is 21.3 Å². The number of hydrogen-bond acceptors (Lipinski definition) is 6. The highest BCUT2D eigenvalue weighted by Gasteiger charge is 2.15. The van der Waals surface area contributed by atoms with E-state index in [4.69, 9.17) is 0 Å². The van der Waals surface area contributed by atoms with Gasteiger partial charge in [-0.2, -0.15) is 0 Å². The highest BCUT2D eigenvalue weighted by Crippen LogP contribution is 2.16. The third kappa shape index (κ3) is 63.7. The van der Waals surface area contributed by atoms with Gasteiger partial charge in [0, 0.05) is 78.0 Å². The van der Waals surface area contributed by atoms with Crippen molar-refractivity contribution >= 4 is 23.6 Å². The minimum absolute atomic E-state index is 0.0881. The fraction of sp³-hybridized carbons (Fsp3) is 0.944. The number of carbonyl (C=O) groups is 4. The minimum Gasteiger partial charge on any atom is -0.356 e. The number of rotatable bonds is 68. The van der Waals surface area contributed by atoms with Crippen molar-refractivity contribution in [2.75, 3.05) is 65.4 Å². The number of nitrogens with one attached hydrogen (secondary N) is 4. The van der Waals surface area contributed by atoms with Crippen molar-refractivity contribution in [3.8, 4) is 0 Å². The molecule has 0 rings (SSSR count). The van der Waals surface area contributed by atoms with E-state index in [1.165, 1.54) is 257 Å². The van der Waals surface area contributed by atoms with Crippen LogP contribution in [-0.2, 0) is 19.2 Å². The molecule has 0 aromatic heterocycles. The van der Waals surface area contributed by atoms with Crippen LogP contribution in [0.1, 0.15) is 368 Å². The SMILES string of the molecule is CCCCCCCCCCCCCCNC(=O)CCN(CCCN(CCC(=O)NCCCCCCCCCCCCCC)CCC(=O)NCCCCCCCCCCCCCC)CCC(=O)NCCCCCCCCCCCCCC. The molecular weight excluding hydrogens is 1000 g/mol. The van der Waals surface area contributed by atoms with Gasteiger partial charge >= 0.3 is 0 Å². The molecule has 0 atom stereocenters. The van der Waals surface area contributed by atoms with Crippen molar-refractivity contribution in [3.63, 3.8) is 0 Å². The smallest absolute Gasteiger partial charge is 0.221 e. The summed E-state index contributed by atoms with van der Waals surface area (Å²) in [7, 11) is 0. The zero-order valence-corrected chi connectivity index (χ0v) is 55.1. The first kappa shape index (κ1) is 78.8. The molecule has 480 valence electrons. The number of unbranched alkanes of at least 4 members (excludes halogenated alkanes) is 44. The van der Waals surface area contributed by atoms with Gasteiger partial charge < -0.3 is 31.1 Å². The highest BCUT2D eigenvalue weighted by atomic mass is 16.2. The molecule has 0 aliphatic rings. The maximum absolute atomic E-state index is 13.1. The second-order valence-electron chi connectivity index (χ2n) is 25.0. The van der Waals surface area contributed by atoms with E-state index in [-0.39, 0.29) is 23.6 Å². The minimum atomic E-state index is 0.0881. The van der Waals surface area contributed by atoms with Gasteiger partial charge in [0.1, 0.15) is 0 Å². The molecule has 0 bridgehead atoms. The largest absolute Gasteiger partial charge is 0.356 e. The van der Waals surface area contributed by atoms with Crippen molar-refractivity contribution in [3.05, 3.63) is 0 Å². The van der Waals surface area contributed by atoms with Crippen LogP contribution in [0.5, 0.6) is 0 Å². The molecule has 0 aliphatic carbocycles. The van der Waals surface area contributed by atoms with Gasteiger partial charge in [0.2, 0.25) is 23.6 Å². The van der Waals surface area contributed by atoms with Gasteiger partial charge in [-0.1, -0.05) is 310 Å². The Bertz CT molecular complexity index is 1130. The zero-order chi connectivity index (χ0) is 58.8. The van der Waals surface area contributed by atoms with E-state index in [0.717, 1.165) is 97.1 Å². The summed E-state index contributed by atoms with van der Waals surface area (Å²) in [5, 5.41) is 12.7. The van der Waals surface area contributed by atoms with Crippen LogP contribution in [0.2, 0.25) is 0 Å². The summed E-state index contributed by atoms with van der Waals surface area (Å²) in [6.07, 6.45) is 65.0. The summed E-state index contributed by atoms with van der Waals surface area (Å²) in [6, 6.07) is 0. The van der Waals surface area contributed by atoms with E-state index in [2.05, 4.69) is 58.8 Å². The molecule has 0 aliphatic heterocycles. The molecule has 0 saturated heterocycles. The molecule has 0 aromatic carbocycles. The summed E-state index contributed by atoms with van der Waals surface area (Å²) in [4.78, 5) is 57.1. The molecule has 0 radical (unpaired) electrons. The summed E-state index contributed by atoms with van der Waals surface area (Å²) < 4.78 is 0. The normalized spacial score (nSPS) is 11.5. The second-order valence-corrected chi connectivity index (χ2v) is 25.0. The number of hydrogen-bond donors (Lipinski definition) is 4. The van der Waals surface area contributed by atoms with Gasteiger partial charge in [-0.15, -0.1) is 0 Å². The van der Waals surface area contributed by atoms with Crippen LogP contribution in [0, 0.1) is 0 Å². The quantitative estimate of drug-likeness (QED) is 0.0450. The molecule has 0 saturated carbocycles. The Labute approximate surface area is 505 Å². The van der Waals surface area contributed by atoms with Crippen molar-refractivity contribution in [2.45, 2.75) is 368 Å². The molecule has 81 heavy (non-hydrogen) atoms. The lowest BCUT2D eigenvalue weighted by molar-refractivity contribution is -0.123. The molecule has 0 fully saturated rings. The molecule has 10 nitrogen and oxygen atoms in total. The van der Waals surface area contributed by atoms with Crippen LogP contribution in [0.4, 0.5) is 0 Å². The van der Waals surface area contributed by atoms with Crippen LogP contribution in [0.15, 0.2) is 0 Å². The molecule has 0 aromatic rings. The van der Waals surface area contributed by atoms with Gasteiger partial charge in [-0.3, -0.25) is 19.2 Å². The third-order valence-corrected chi connectivity index (χ3v) is 17.0. The van der Waals surface area contributed by atoms with E-state index in [0.29, 0.717) is 51.9 Å². The van der Waals surface area contributed by atoms with Crippen LogP contribution in [0.25, 0.3) is 0 Å². The molecule has 0 unspecified atom stereocenters. The summed E-state index contributed by atoms with van der Waals surface area (Å²) >= 11 is 0. The monoisotopic (exact) mass is 1140 g/mol. The summed E-state index contributed by atoms with van der Waals surface area (Å²) in [5.74, 6) is 0.352. The van der Waals surface area contributed by atoms with Gasteiger partial charge in [0.05, 0.1) is 0 Å². The standard InChI is InChI=1S/C71H142N6O4/c1-5-9-13-17-21-25-29-33-37-41-45-49-58-72-68(78)54-64-76(65-55-69(79)73-59-50-46-42-38-34-30-26-22-18-14-10-6-2)62-53-63-77(66-56-70(80)74-60-51-47-43-39-35-31-27-23-19-15-11-7-3)67-57-71(81)75-61-52-48-44-40-36-32-28-24-20-16-12-8-4/h5-67H2,1-4H3,(H,72,78)(H,73,79)(H,74,80)(H,75,81). The first-order chi connectivity index (χ1) is 39.9. The lowest BCUT2D eigenvalue weighted by Crippen LogP contribution is -2.38. The molecule has 10 heteroatoms. The Morgan fingerprint density at radius 2 is 0.346 bits per heavy atom. The van der Waals surface area contributed by atoms with Crippen LogP contribution in [-0.4, -0.2) is 98.9 Å². The van der Waals surface area contributed by atoms with Crippen LogP contribution >= 0.6 is 0 Å². The van der Waals surface area contributed by atoms with Gasteiger partial charge in [0.25, 0.3) is 0 Å². The third-order valence-electron chi connectivity index (χ3n) is 17.0. The fourth-order valence-corrected chi connectivity index (χ4v) is 11.4. The summed E-state index contributed by atoms with van der Waals surface area (Å²) in [6.45, 7) is 16.0. The van der Waals surface area contributed by atoms with Crippen molar-refractivity contribution in [1.82, 2.24) is 31.1 Å². The van der Waals surface area contributed by atoms with Gasteiger partial charge in [-0.25, -0.2) is 0 Å². The lowest BCUT2D eigenvalue weighted by Gasteiger charge is -2.26. The van der Waals surface area contributed by atoms with Crippen LogP contribution in [0.3, 0.4) is 0 Å². The van der Waals surface area contributed by atoms with E-state index in [1.807, 2.05) is 0 Å². The molecular formula is C71H142N6O4. The Morgan fingerprint density at radius 3 is 0.506 bits per heavy atom. The maximum Gasteiger partial charge on any atom is 0.221 e. The Balaban J connectivity index is 5.18. The van der Waals surface area contributed by atoms with Gasteiger partial charge in [-0.05, 0) is 45.2 Å². The molecule has 4 amide bonds. The topological polar surface area (TPSA) is 123 Å². The predicted octanol–water partition coefficient (Wildman–Crippen LogP) is 18.8. The fourth-order valence-electron chi connectivity index (χ4n) is 11.4. The van der Waals surface area contributed by atoms with E-state index < -0.39 is 0 Å². The number of amides is 4. The van der Waals surface area contributed by atoms with E-state index in [9.17, 15) is 19.2 Å². The second kappa shape index (κ2) is 66.9.